The van der Waals surface area contributed by atoms with Gasteiger partial charge >= 0.3 is 6.09 Å². The molecule has 0 radical (unpaired) electrons. The van der Waals surface area contributed by atoms with Crippen LogP contribution in [0.25, 0.3) is 0 Å². The van der Waals surface area contributed by atoms with Gasteiger partial charge in [-0.2, -0.15) is 0 Å². The molecule has 2 rings (SSSR count). The van der Waals surface area contributed by atoms with Gasteiger partial charge in [-0.3, -0.25) is 0 Å². The number of benzene rings is 1. The fourth-order valence-electron chi connectivity index (χ4n) is 2.43. The summed E-state index contributed by atoms with van der Waals surface area (Å²) < 4.78 is 5.38. The van der Waals surface area contributed by atoms with E-state index in [9.17, 15) is 4.79 Å². The second-order valence-corrected chi connectivity index (χ2v) is 5.22. The summed E-state index contributed by atoms with van der Waals surface area (Å²) in [6.45, 7) is 3.74. The summed E-state index contributed by atoms with van der Waals surface area (Å²) in [6.07, 6.45) is 1.87. The number of hydrogen-bond donors (Lipinski definition) is 1. The van der Waals surface area contributed by atoms with Crippen molar-refractivity contribution in [2.45, 2.75) is 32.4 Å². The smallest absolute Gasteiger partial charge is 0.410 e. The SMILES string of the molecule is C[C@@H]1CC[C@H](CN)CN1C(=O)OCc1ccccc1. The van der Waals surface area contributed by atoms with Crippen molar-refractivity contribution < 1.29 is 9.53 Å². The minimum absolute atomic E-state index is 0.227. The predicted molar refractivity (Wildman–Crippen MR) is 74.6 cm³/mol. The zero-order chi connectivity index (χ0) is 13.7. The molecular formula is C15H22N2O2. The van der Waals surface area contributed by atoms with E-state index >= 15 is 0 Å². The highest BCUT2D eigenvalue weighted by atomic mass is 16.6. The monoisotopic (exact) mass is 262 g/mol. The van der Waals surface area contributed by atoms with Gasteiger partial charge in [0, 0.05) is 12.6 Å². The fourth-order valence-corrected chi connectivity index (χ4v) is 2.43. The molecule has 1 aliphatic rings. The summed E-state index contributed by atoms with van der Waals surface area (Å²) in [5, 5.41) is 0. The number of ether oxygens (including phenoxy) is 1. The molecule has 0 unspecified atom stereocenters. The van der Waals surface area contributed by atoms with Crippen molar-refractivity contribution in [3.63, 3.8) is 0 Å². The summed E-state index contributed by atoms with van der Waals surface area (Å²) in [5.74, 6) is 0.403. The maximum atomic E-state index is 12.1. The Morgan fingerprint density at radius 1 is 1.37 bits per heavy atom. The molecule has 104 valence electrons. The van der Waals surface area contributed by atoms with E-state index in [-0.39, 0.29) is 12.1 Å². The first kappa shape index (κ1) is 13.9. The van der Waals surface area contributed by atoms with E-state index in [4.69, 9.17) is 10.5 Å². The van der Waals surface area contributed by atoms with E-state index in [1.807, 2.05) is 35.2 Å². The van der Waals surface area contributed by atoms with Crippen molar-refractivity contribution in [2.24, 2.45) is 11.7 Å². The van der Waals surface area contributed by atoms with Crippen molar-refractivity contribution in [1.82, 2.24) is 4.90 Å². The quantitative estimate of drug-likeness (QED) is 0.910. The summed E-state index contributed by atoms with van der Waals surface area (Å²) in [7, 11) is 0. The van der Waals surface area contributed by atoms with Crippen molar-refractivity contribution in [3.05, 3.63) is 35.9 Å². The first-order chi connectivity index (χ1) is 9.20. The number of carbonyl (C=O) groups excluding carboxylic acids is 1. The maximum Gasteiger partial charge on any atom is 0.410 e. The lowest BCUT2D eigenvalue weighted by Crippen LogP contribution is -2.47. The summed E-state index contributed by atoms with van der Waals surface area (Å²) in [5.41, 5.74) is 6.71. The second kappa shape index (κ2) is 6.57. The lowest BCUT2D eigenvalue weighted by molar-refractivity contribution is 0.0600. The zero-order valence-electron chi connectivity index (χ0n) is 11.4. The number of hydrogen-bond acceptors (Lipinski definition) is 3. The molecule has 0 saturated carbocycles. The Morgan fingerprint density at radius 3 is 2.79 bits per heavy atom. The third-order valence-corrected chi connectivity index (χ3v) is 3.75. The average molecular weight is 262 g/mol. The number of likely N-dealkylation sites (tertiary alicyclic amines) is 1. The molecule has 0 bridgehead atoms. The van der Waals surface area contributed by atoms with E-state index in [1.165, 1.54) is 0 Å². The number of rotatable bonds is 3. The molecule has 1 amide bonds. The van der Waals surface area contributed by atoms with Crippen LogP contribution in [-0.2, 0) is 11.3 Å². The molecule has 0 aliphatic carbocycles. The lowest BCUT2D eigenvalue weighted by atomic mass is 9.94. The number of nitrogens with zero attached hydrogens (tertiary/aromatic N) is 1. The van der Waals surface area contributed by atoms with Gasteiger partial charge in [0.25, 0.3) is 0 Å². The average Bonchev–Trinajstić information content (AvgIpc) is 2.46. The molecule has 1 aromatic carbocycles. The van der Waals surface area contributed by atoms with E-state index < -0.39 is 0 Å². The fraction of sp³-hybridized carbons (Fsp3) is 0.533. The van der Waals surface area contributed by atoms with E-state index in [1.54, 1.807) is 0 Å². The van der Waals surface area contributed by atoms with E-state index in [2.05, 4.69) is 6.92 Å². The third-order valence-electron chi connectivity index (χ3n) is 3.75. The normalized spacial score (nSPS) is 23.2. The number of nitrogens with two attached hydrogens (primary N) is 1. The molecule has 4 nitrogen and oxygen atoms in total. The van der Waals surface area contributed by atoms with Gasteiger partial charge in [-0.1, -0.05) is 30.3 Å². The second-order valence-electron chi connectivity index (χ2n) is 5.22. The van der Waals surface area contributed by atoms with Crippen LogP contribution in [0.2, 0.25) is 0 Å². The Bertz CT molecular complexity index is 408. The minimum atomic E-state index is -0.227. The van der Waals surface area contributed by atoms with Crippen LogP contribution in [0.1, 0.15) is 25.3 Å². The van der Waals surface area contributed by atoms with Crippen LogP contribution < -0.4 is 5.73 Å². The van der Waals surface area contributed by atoms with Gasteiger partial charge < -0.3 is 15.4 Å². The molecule has 2 atom stereocenters. The summed E-state index contributed by atoms with van der Waals surface area (Å²) in [4.78, 5) is 13.9. The molecule has 1 saturated heterocycles. The molecule has 1 heterocycles. The van der Waals surface area contributed by atoms with Crippen LogP contribution in [0, 0.1) is 5.92 Å². The van der Waals surface area contributed by atoms with Crippen molar-refractivity contribution in [1.29, 1.82) is 0 Å². The van der Waals surface area contributed by atoms with Gasteiger partial charge in [0.15, 0.2) is 0 Å². The molecule has 2 N–H and O–H groups in total. The van der Waals surface area contributed by atoms with Crippen LogP contribution in [0.3, 0.4) is 0 Å². The van der Waals surface area contributed by atoms with Crippen LogP contribution in [0.4, 0.5) is 4.79 Å². The molecule has 1 aromatic rings. The highest BCUT2D eigenvalue weighted by molar-refractivity contribution is 5.68. The Morgan fingerprint density at radius 2 is 2.11 bits per heavy atom. The van der Waals surface area contributed by atoms with Gasteiger partial charge in [-0.05, 0) is 37.8 Å². The topological polar surface area (TPSA) is 55.6 Å². The van der Waals surface area contributed by atoms with Gasteiger partial charge in [0.2, 0.25) is 0 Å². The van der Waals surface area contributed by atoms with E-state index in [0.29, 0.717) is 25.6 Å². The third kappa shape index (κ3) is 3.70. The standard InChI is InChI=1S/C15H22N2O2/c1-12-7-8-14(9-16)10-17(12)15(18)19-11-13-5-3-2-4-6-13/h2-6,12,14H,7-11,16H2,1H3/t12-,14-/m1/s1. The highest BCUT2D eigenvalue weighted by Gasteiger charge is 2.29. The Balaban J connectivity index is 1.88. The summed E-state index contributed by atoms with van der Waals surface area (Å²) in [6, 6.07) is 9.98. The molecule has 0 spiro atoms. The molecule has 4 heteroatoms. The Kier molecular flexibility index (Phi) is 4.80. The number of amides is 1. The van der Waals surface area contributed by atoms with Gasteiger partial charge in [-0.25, -0.2) is 4.79 Å². The summed E-state index contributed by atoms with van der Waals surface area (Å²) >= 11 is 0. The van der Waals surface area contributed by atoms with E-state index in [0.717, 1.165) is 18.4 Å². The van der Waals surface area contributed by atoms with Gasteiger partial charge in [-0.15, -0.1) is 0 Å². The number of piperidine rings is 1. The van der Waals surface area contributed by atoms with Crippen LogP contribution in [0.15, 0.2) is 30.3 Å². The molecule has 0 aromatic heterocycles. The van der Waals surface area contributed by atoms with Crippen molar-refractivity contribution in [2.75, 3.05) is 13.1 Å². The zero-order valence-corrected chi connectivity index (χ0v) is 11.4. The number of carbonyl (C=O) groups is 1. The largest absolute Gasteiger partial charge is 0.445 e. The highest BCUT2D eigenvalue weighted by Crippen LogP contribution is 2.22. The first-order valence-electron chi connectivity index (χ1n) is 6.88. The molecule has 1 fully saturated rings. The molecule has 19 heavy (non-hydrogen) atoms. The van der Waals surface area contributed by atoms with Gasteiger partial charge in [0.1, 0.15) is 6.61 Å². The van der Waals surface area contributed by atoms with Crippen LogP contribution in [-0.4, -0.2) is 30.1 Å². The lowest BCUT2D eigenvalue weighted by Gasteiger charge is -2.36. The first-order valence-corrected chi connectivity index (χ1v) is 6.88. The maximum absolute atomic E-state index is 12.1. The van der Waals surface area contributed by atoms with Crippen molar-refractivity contribution >= 4 is 6.09 Å². The predicted octanol–water partition coefficient (Wildman–Crippen LogP) is 2.38. The molecule has 1 aliphatic heterocycles. The Hall–Kier alpha value is -1.55. The van der Waals surface area contributed by atoms with Gasteiger partial charge in [0.05, 0.1) is 0 Å². The Labute approximate surface area is 114 Å². The molecular weight excluding hydrogens is 240 g/mol. The minimum Gasteiger partial charge on any atom is -0.445 e. The van der Waals surface area contributed by atoms with Crippen LogP contribution in [0.5, 0.6) is 0 Å². The van der Waals surface area contributed by atoms with Crippen LogP contribution >= 0.6 is 0 Å². The van der Waals surface area contributed by atoms with Crippen molar-refractivity contribution in [3.8, 4) is 0 Å².